The molecule has 1 aromatic rings. The summed E-state index contributed by atoms with van der Waals surface area (Å²) in [6.45, 7) is 2.04. The van der Waals surface area contributed by atoms with Crippen molar-refractivity contribution in [2.24, 2.45) is 0 Å². The van der Waals surface area contributed by atoms with E-state index in [1.54, 1.807) is 6.26 Å². The Labute approximate surface area is 86.5 Å². The molecule has 0 spiro atoms. The van der Waals surface area contributed by atoms with Gasteiger partial charge < -0.3 is 9.32 Å². The molecule has 0 saturated carbocycles. The van der Waals surface area contributed by atoms with Crippen LogP contribution < -0.4 is 4.90 Å². The smallest absolute Gasteiger partial charge is 0.297 e. The van der Waals surface area contributed by atoms with Gasteiger partial charge in [-0.25, -0.2) is 0 Å². The largest absolute Gasteiger partial charge is 0.432 e. The fourth-order valence-electron chi connectivity index (χ4n) is 1.26. The van der Waals surface area contributed by atoms with Gasteiger partial charge in [-0.05, 0) is 0 Å². The zero-order valence-electron chi connectivity index (χ0n) is 7.20. The second-order valence-electron chi connectivity index (χ2n) is 2.85. The second kappa shape index (κ2) is 4.24. The number of halogens is 1. The number of anilines is 1. The zero-order chi connectivity index (χ0) is 9.10. The highest BCUT2D eigenvalue weighted by molar-refractivity contribution is 7.99. The Morgan fingerprint density at radius 2 is 2.31 bits per heavy atom. The molecule has 1 aliphatic rings. The van der Waals surface area contributed by atoms with E-state index in [4.69, 9.17) is 16.0 Å². The van der Waals surface area contributed by atoms with Crippen molar-refractivity contribution in [3.63, 3.8) is 0 Å². The van der Waals surface area contributed by atoms with Gasteiger partial charge in [0.15, 0.2) is 0 Å². The molecule has 2 heterocycles. The highest BCUT2D eigenvalue weighted by Gasteiger charge is 2.15. The van der Waals surface area contributed by atoms with E-state index in [1.165, 1.54) is 0 Å². The summed E-state index contributed by atoms with van der Waals surface area (Å²) in [6.07, 6.45) is 1.63. The number of alkyl halides is 1. The molecular formula is C8H11ClN2OS. The summed E-state index contributed by atoms with van der Waals surface area (Å²) in [6, 6.07) is 0.718. The lowest BCUT2D eigenvalue weighted by atomic mass is 10.5. The van der Waals surface area contributed by atoms with Crippen LogP contribution in [0, 0.1) is 0 Å². The minimum absolute atomic E-state index is 0.423. The Kier molecular flexibility index (Phi) is 3.01. The van der Waals surface area contributed by atoms with Crippen molar-refractivity contribution in [3.8, 4) is 0 Å². The van der Waals surface area contributed by atoms with Gasteiger partial charge in [-0.3, -0.25) is 0 Å². The van der Waals surface area contributed by atoms with E-state index >= 15 is 0 Å². The maximum Gasteiger partial charge on any atom is 0.297 e. The molecule has 1 aromatic heterocycles. The van der Waals surface area contributed by atoms with Gasteiger partial charge in [0.05, 0.1) is 11.6 Å². The molecule has 5 heteroatoms. The van der Waals surface area contributed by atoms with Crippen molar-refractivity contribution in [1.82, 2.24) is 4.98 Å². The lowest BCUT2D eigenvalue weighted by Gasteiger charge is -2.24. The number of thioether (sulfide) groups is 1. The fourth-order valence-corrected chi connectivity index (χ4v) is 2.28. The minimum Gasteiger partial charge on any atom is -0.432 e. The van der Waals surface area contributed by atoms with E-state index in [9.17, 15) is 0 Å². The van der Waals surface area contributed by atoms with Gasteiger partial charge >= 0.3 is 0 Å². The molecule has 72 valence electrons. The molecule has 0 atom stereocenters. The van der Waals surface area contributed by atoms with Gasteiger partial charge in [-0.1, -0.05) is 0 Å². The first-order chi connectivity index (χ1) is 6.40. The third-order valence-corrected chi connectivity index (χ3v) is 3.17. The molecule has 0 N–H and O–H groups in total. The van der Waals surface area contributed by atoms with Gasteiger partial charge in [-0.15, -0.1) is 11.6 Å². The van der Waals surface area contributed by atoms with E-state index in [0.717, 1.165) is 36.3 Å². The first-order valence-corrected chi connectivity index (χ1v) is 5.92. The van der Waals surface area contributed by atoms with Crippen LogP contribution in [0.2, 0.25) is 0 Å². The van der Waals surface area contributed by atoms with Gasteiger partial charge in [0, 0.05) is 24.6 Å². The Morgan fingerprint density at radius 3 is 2.92 bits per heavy atom. The van der Waals surface area contributed by atoms with Crippen molar-refractivity contribution >= 4 is 29.4 Å². The molecule has 13 heavy (non-hydrogen) atoms. The lowest BCUT2D eigenvalue weighted by molar-refractivity contribution is 0.539. The average Bonchev–Trinajstić information content (AvgIpc) is 2.67. The predicted molar refractivity (Wildman–Crippen MR) is 55.6 cm³/mol. The predicted octanol–water partition coefficient (Wildman–Crippen LogP) is 1.97. The summed E-state index contributed by atoms with van der Waals surface area (Å²) >= 11 is 7.60. The van der Waals surface area contributed by atoms with Crippen LogP contribution in [0.5, 0.6) is 0 Å². The molecule has 1 aliphatic heterocycles. The summed E-state index contributed by atoms with van der Waals surface area (Å²) in [5, 5.41) is 0. The maximum absolute atomic E-state index is 5.63. The highest BCUT2D eigenvalue weighted by atomic mass is 35.5. The number of nitrogens with zero attached hydrogens (tertiary/aromatic N) is 2. The van der Waals surface area contributed by atoms with Gasteiger partial charge in [0.25, 0.3) is 6.01 Å². The van der Waals surface area contributed by atoms with Crippen LogP contribution in [0.3, 0.4) is 0 Å². The number of hydrogen-bond acceptors (Lipinski definition) is 4. The molecule has 3 nitrogen and oxygen atoms in total. The Bertz CT molecular complexity index is 273. The average molecular weight is 219 g/mol. The van der Waals surface area contributed by atoms with E-state index < -0.39 is 0 Å². The zero-order valence-corrected chi connectivity index (χ0v) is 8.77. The van der Waals surface area contributed by atoms with Crippen LogP contribution in [0.1, 0.15) is 5.69 Å². The van der Waals surface area contributed by atoms with Crippen LogP contribution in [-0.2, 0) is 5.88 Å². The van der Waals surface area contributed by atoms with Gasteiger partial charge in [0.1, 0.15) is 6.26 Å². The molecule has 0 radical (unpaired) electrons. The van der Waals surface area contributed by atoms with Crippen molar-refractivity contribution in [2.45, 2.75) is 5.88 Å². The van der Waals surface area contributed by atoms with Crippen LogP contribution in [-0.4, -0.2) is 29.6 Å². The Morgan fingerprint density at radius 1 is 1.54 bits per heavy atom. The first kappa shape index (κ1) is 9.21. The van der Waals surface area contributed by atoms with Gasteiger partial charge in [-0.2, -0.15) is 16.7 Å². The van der Waals surface area contributed by atoms with E-state index in [1.807, 2.05) is 11.8 Å². The summed E-state index contributed by atoms with van der Waals surface area (Å²) < 4.78 is 5.32. The van der Waals surface area contributed by atoms with Crippen LogP contribution in [0.4, 0.5) is 6.01 Å². The normalized spacial score (nSPS) is 17.8. The van der Waals surface area contributed by atoms with Crippen molar-refractivity contribution in [3.05, 3.63) is 12.0 Å². The number of rotatable bonds is 2. The van der Waals surface area contributed by atoms with Crippen LogP contribution in [0.25, 0.3) is 0 Å². The highest BCUT2D eigenvalue weighted by Crippen LogP contribution is 2.18. The van der Waals surface area contributed by atoms with Crippen molar-refractivity contribution in [2.75, 3.05) is 29.5 Å². The Balaban J connectivity index is 2.05. The maximum atomic E-state index is 5.63. The SMILES string of the molecule is ClCc1coc(N2CCSCC2)n1. The number of hydrogen-bond donors (Lipinski definition) is 0. The molecule has 0 unspecified atom stereocenters. The minimum atomic E-state index is 0.423. The quantitative estimate of drug-likeness (QED) is 0.710. The number of aromatic nitrogens is 1. The molecule has 0 bridgehead atoms. The van der Waals surface area contributed by atoms with Crippen LogP contribution in [0.15, 0.2) is 10.7 Å². The first-order valence-electron chi connectivity index (χ1n) is 4.23. The van der Waals surface area contributed by atoms with Crippen LogP contribution >= 0.6 is 23.4 Å². The van der Waals surface area contributed by atoms with E-state index in [2.05, 4.69) is 9.88 Å². The molecule has 0 aliphatic carbocycles. The topological polar surface area (TPSA) is 29.3 Å². The molecule has 2 rings (SSSR count). The molecule has 1 saturated heterocycles. The van der Waals surface area contributed by atoms with Crippen molar-refractivity contribution < 1.29 is 4.42 Å². The fraction of sp³-hybridized carbons (Fsp3) is 0.625. The van der Waals surface area contributed by atoms with Gasteiger partial charge in [0.2, 0.25) is 0 Å². The summed E-state index contributed by atoms with van der Waals surface area (Å²) in [5.41, 5.74) is 0.815. The lowest BCUT2D eigenvalue weighted by Crippen LogP contribution is -2.32. The number of oxazole rings is 1. The molecule has 1 fully saturated rings. The third kappa shape index (κ3) is 2.11. The van der Waals surface area contributed by atoms with E-state index in [-0.39, 0.29) is 0 Å². The molecule has 0 aromatic carbocycles. The summed E-state index contributed by atoms with van der Waals surface area (Å²) in [5.74, 6) is 2.73. The van der Waals surface area contributed by atoms with Crippen molar-refractivity contribution in [1.29, 1.82) is 0 Å². The second-order valence-corrected chi connectivity index (χ2v) is 4.35. The third-order valence-electron chi connectivity index (χ3n) is 1.96. The summed E-state index contributed by atoms with van der Waals surface area (Å²) in [4.78, 5) is 6.43. The Hall–Kier alpha value is -0.350. The monoisotopic (exact) mass is 218 g/mol. The standard InChI is InChI=1S/C8H11ClN2OS/c9-5-7-6-12-8(10-7)11-1-3-13-4-2-11/h6H,1-5H2. The summed E-state index contributed by atoms with van der Waals surface area (Å²) in [7, 11) is 0. The molecular weight excluding hydrogens is 208 g/mol. The molecule has 0 amide bonds. The van der Waals surface area contributed by atoms with E-state index in [0.29, 0.717) is 5.88 Å².